The maximum absolute atomic E-state index is 12.5. The van der Waals surface area contributed by atoms with Gasteiger partial charge in [-0.15, -0.1) is 0 Å². The number of anilines is 1. The van der Waals surface area contributed by atoms with Crippen LogP contribution in [0.2, 0.25) is 0 Å². The Hall–Kier alpha value is -0.840. The molecule has 2 rings (SSSR count). The minimum Gasteiger partial charge on any atom is -0.353 e. The zero-order chi connectivity index (χ0) is 10.7. The highest BCUT2D eigenvalue weighted by atomic mass is 32.2. The quantitative estimate of drug-likeness (QED) is 0.860. The first-order valence-corrected chi connectivity index (χ1v) is 6.02. The number of hydrogen-bond donors (Lipinski definition) is 1. The molecule has 1 aromatic heterocycles. The summed E-state index contributed by atoms with van der Waals surface area (Å²) >= 11 is 1.97. The number of halogens is 1. The third-order valence-corrected chi connectivity index (χ3v) is 4.08. The summed E-state index contributed by atoms with van der Waals surface area (Å²) in [4.78, 5) is 7.73. The second-order valence-electron chi connectivity index (χ2n) is 3.98. The van der Waals surface area contributed by atoms with Crippen LogP contribution in [0.15, 0.2) is 12.4 Å². The van der Waals surface area contributed by atoms with Crippen molar-refractivity contribution >= 4 is 17.7 Å². The molecule has 0 aliphatic carbocycles. The van der Waals surface area contributed by atoms with Gasteiger partial charge in [-0.2, -0.15) is 11.8 Å². The molecule has 1 unspecified atom stereocenters. The standard InChI is InChI=1S/C10H14FN3S/c1-10(3-2-4-15-10)7-14-9-12-5-8(11)6-13-9/h5-6H,2-4,7H2,1H3,(H,12,13,14). The summed E-state index contributed by atoms with van der Waals surface area (Å²) < 4.78 is 12.8. The Morgan fingerprint density at radius 1 is 1.53 bits per heavy atom. The number of thioether (sulfide) groups is 1. The van der Waals surface area contributed by atoms with Crippen molar-refractivity contribution < 1.29 is 4.39 Å². The van der Waals surface area contributed by atoms with E-state index in [1.54, 1.807) is 0 Å². The van der Waals surface area contributed by atoms with Crippen LogP contribution in [0.1, 0.15) is 19.8 Å². The van der Waals surface area contributed by atoms with Gasteiger partial charge in [0.1, 0.15) is 0 Å². The molecule has 1 aromatic rings. The Morgan fingerprint density at radius 2 is 2.27 bits per heavy atom. The molecular formula is C10H14FN3S. The van der Waals surface area contributed by atoms with Crippen LogP contribution >= 0.6 is 11.8 Å². The lowest BCUT2D eigenvalue weighted by Gasteiger charge is -2.22. The minimum absolute atomic E-state index is 0.276. The van der Waals surface area contributed by atoms with Gasteiger partial charge in [-0.05, 0) is 25.5 Å². The second-order valence-corrected chi connectivity index (χ2v) is 5.66. The summed E-state index contributed by atoms with van der Waals surface area (Å²) in [5.41, 5.74) is 0. The predicted octanol–water partition coefficient (Wildman–Crippen LogP) is 2.31. The Balaban J connectivity index is 1.90. The summed E-state index contributed by atoms with van der Waals surface area (Å²) in [6.45, 7) is 3.07. The van der Waals surface area contributed by atoms with Gasteiger partial charge in [-0.3, -0.25) is 0 Å². The lowest BCUT2D eigenvalue weighted by Crippen LogP contribution is -2.27. The lowest BCUT2D eigenvalue weighted by atomic mass is 10.1. The highest BCUT2D eigenvalue weighted by Gasteiger charge is 2.29. The van der Waals surface area contributed by atoms with Crippen LogP contribution in [0.3, 0.4) is 0 Å². The first-order valence-electron chi connectivity index (χ1n) is 5.03. The fourth-order valence-electron chi connectivity index (χ4n) is 1.65. The summed E-state index contributed by atoms with van der Waals surface area (Å²) in [5, 5.41) is 3.14. The SMILES string of the molecule is CC1(CNc2ncc(F)cn2)CCCS1. The Morgan fingerprint density at radius 3 is 2.87 bits per heavy atom. The third kappa shape index (κ3) is 2.81. The first-order chi connectivity index (χ1) is 7.18. The van der Waals surface area contributed by atoms with Crippen LogP contribution < -0.4 is 5.32 Å². The van der Waals surface area contributed by atoms with Crippen molar-refractivity contribution in [3.05, 3.63) is 18.2 Å². The normalized spacial score (nSPS) is 25.5. The number of nitrogens with zero attached hydrogens (tertiary/aromatic N) is 2. The first kappa shape index (κ1) is 10.7. The molecule has 1 aliphatic rings. The van der Waals surface area contributed by atoms with E-state index in [9.17, 15) is 4.39 Å². The zero-order valence-corrected chi connectivity index (χ0v) is 9.48. The van der Waals surface area contributed by atoms with Crippen LogP contribution in [-0.4, -0.2) is 27.0 Å². The van der Waals surface area contributed by atoms with Crippen molar-refractivity contribution in [3.63, 3.8) is 0 Å². The zero-order valence-electron chi connectivity index (χ0n) is 8.66. The van der Waals surface area contributed by atoms with Gasteiger partial charge in [0.25, 0.3) is 0 Å². The molecule has 1 atom stereocenters. The molecule has 0 amide bonds. The number of hydrogen-bond acceptors (Lipinski definition) is 4. The topological polar surface area (TPSA) is 37.8 Å². The van der Waals surface area contributed by atoms with Gasteiger partial charge in [0.05, 0.1) is 12.4 Å². The molecule has 0 saturated carbocycles. The van der Waals surface area contributed by atoms with Crippen molar-refractivity contribution in [1.29, 1.82) is 0 Å². The summed E-state index contributed by atoms with van der Waals surface area (Å²) in [6.07, 6.45) is 4.85. The van der Waals surface area contributed by atoms with Crippen LogP contribution in [0.25, 0.3) is 0 Å². The molecule has 0 radical (unpaired) electrons. The molecule has 15 heavy (non-hydrogen) atoms. The molecule has 2 heterocycles. The highest BCUT2D eigenvalue weighted by molar-refractivity contribution is 8.00. The number of aromatic nitrogens is 2. The van der Waals surface area contributed by atoms with E-state index in [0.717, 1.165) is 6.54 Å². The predicted molar refractivity (Wildman–Crippen MR) is 60.6 cm³/mol. The number of rotatable bonds is 3. The van der Waals surface area contributed by atoms with Crippen LogP contribution in [0.4, 0.5) is 10.3 Å². The van der Waals surface area contributed by atoms with Crippen molar-refractivity contribution in [3.8, 4) is 0 Å². The minimum atomic E-state index is -0.401. The van der Waals surface area contributed by atoms with Gasteiger partial charge in [0, 0.05) is 11.3 Å². The van der Waals surface area contributed by atoms with Gasteiger partial charge < -0.3 is 5.32 Å². The Labute approximate surface area is 92.9 Å². The molecule has 1 fully saturated rings. The van der Waals surface area contributed by atoms with E-state index in [1.807, 2.05) is 11.8 Å². The van der Waals surface area contributed by atoms with Crippen molar-refractivity contribution in [2.45, 2.75) is 24.5 Å². The summed E-state index contributed by atoms with van der Waals surface area (Å²) in [5.74, 6) is 1.33. The average Bonchev–Trinajstić information content (AvgIpc) is 2.65. The van der Waals surface area contributed by atoms with E-state index in [4.69, 9.17) is 0 Å². The Bertz CT molecular complexity index is 322. The largest absolute Gasteiger partial charge is 0.353 e. The van der Waals surface area contributed by atoms with Gasteiger partial charge in [-0.25, -0.2) is 14.4 Å². The van der Waals surface area contributed by atoms with Crippen molar-refractivity contribution in [1.82, 2.24) is 9.97 Å². The lowest BCUT2D eigenvalue weighted by molar-refractivity contribution is 0.610. The molecule has 3 nitrogen and oxygen atoms in total. The van der Waals surface area contributed by atoms with Gasteiger partial charge in [0.2, 0.25) is 5.95 Å². The smallest absolute Gasteiger partial charge is 0.222 e. The summed E-state index contributed by atoms with van der Waals surface area (Å²) in [6, 6.07) is 0. The van der Waals surface area contributed by atoms with Crippen molar-refractivity contribution in [2.24, 2.45) is 0 Å². The highest BCUT2D eigenvalue weighted by Crippen LogP contribution is 2.37. The maximum Gasteiger partial charge on any atom is 0.222 e. The van der Waals surface area contributed by atoms with E-state index in [2.05, 4.69) is 22.2 Å². The van der Waals surface area contributed by atoms with E-state index in [1.165, 1.54) is 31.0 Å². The number of nitrogens with one attached hydrogen (secondary N) is 1. The van der Waals surface area contributed by atoms with Gasteiger partial charge >= 0.3 is 0 Å². The van der Waals surface area contributed by atoms with E-state index >= 15 is 0 Å². The fraction of sp³-hybridized carbons (Fsp3) is 0.600. The van der Waals surface area contributed by atoms with Crippen molar-refractivity contribution in [2.75, 3.05) is 17.6 Å². The van der Waals surface area contributed by atoms with Gasteiger partial charge in [0.15, 0.2) is 5.82 Å². The molecule has 1 N–H and O–H groups in total. The van der Waals surface area contributed by atoms with Crippen LogP contribution in [-0.2, 0) is 0 Å². The molecule has 82 valence electrons. The second kappa shape index (κ2) is 4.35. The van der Waals surface area contributed by atoms with Crippen LogP contribution in [0, 0.1) is 5.82 Å². The van der Waals surface area contributed by atoms with Crippen LogP contribution in [0.5, 0.6) is 0 Å². The van der Waals surface area contributed by atoms with E-state index < -0.39 is 5.82 Å². The Kier molecular flexibility index (Phi) is 3.09. The van der Waals surface area contributed by atoms with Gasteiger partial charge in [-0.1, -0.05) is 0 Å². The fourth-order valence-corrected chi connectivity index (χ4v) is 2.89. The molecular weight excluding hydrogens is 213 g/mol. The monoisotopic (exact) mass is 227 g/mol. The molecule has 0 aromatic carbocycles. The maximum atomic E-state index is 12.5. The molecule has 1 saturated heterocycles. The third-order valence-electron chi connectivity index (χ3n) is 2.54. The average molecular weight is 227 g/mol. The van der Waals surface area contributed by atoms with E-state index in [-0.39, 0.29) is 4.75 Å². The molecule has 0 bridgehead atoms. The molecule has 1 aliphatic heterocycles. The molecule has 5 heteroatoms. The van der Waals surface area contributed by atoms with E-state index in [0.29, 0.717) is 5.95 Å². The summed E-state index contributed by atoms with van der Waals surface area (Å²) in [7, 11) is 0. The molecule has 0 spiro atoms.